The summed E-state index contributed by atoms with van der Waals surface area (Å²) in [6.07, 6.45) is 2.97. The van der Waals surface area contributed by atoms with Crippen LogP contribution in [-0.2, 0) is 12.8 Å². The average molecular weight is 241 g/mol. The Morgan fingerprint density at radius 1 is 1.06 bits per heavy atom. The number of halogens is 1. The third-order valence-electron chi connectivity index (χ3n) is 3.81. The Hall–Kier alpha value is -1.83. The standard InChI is InChI=1S/C16H16FN/c17-16-10-14(18)7-8-15(16)13-6-5-11-3-1-2-4-12(11)9-13/h1-4,7-8,10,13H,5-6,9,18H2. The Kier molecular flexibility index (Phi) is 2.78. The number of nitrogen functional groups attached to an aromatic ring is 1. The molecule has 92 valence electrons. The lowest BCUT2D eigenvalue weighted by Gasteiger charge is -2.25. The molecule has 0 fully saturated rings. The summed E-state index contributed by atoms with van der Waals surface area (Å²) in [7, 11) is 0. The molecule has 2 heteroatoms. The van der Waals surface area contributed by atoms with Gasteiger partial charge in [-0.25, -0.2) is 4.39 Å². The predicted octanol–water partition coefficient (Wildman–Crippen LogP) is 3.68. The SMILES string of the molecule is Nc1ccc(C2CCc3ccccc3C2)c(F)c1. The maximum atomic E-state index is 13.9. The topological polar surface area (TPSA) is 26.0 Å². The van der Waals surface area contributed by atoms with Gasteiger partial charge in [-0.05, 0) is 54.0 Å². The van der Waals surface area contributed by atoms with E-state index in [1.54, 1.807) is 6.07 Å². The fourth-order valence-electron chi connectivity index (χ4n) is 2.84. The van der Waals surface area contributed by atoms with Crippen LogP contribution in [-0.4, -0.2) is 0 Å². The zero-order valence-electron chi connectivity index (χ0n) is 10.2. The van der Waals surface area contributed by atoms with Gasteiger partial charge in [0.05, 0.1) is 0 Å². The molecular weight excluding hydrogens is 225 g/mol. The number of rotatable bonds is 1. The number of fused-ring (bicyclic) bond motifs is 1. The highest BCUT2D eigenvalue weighted by atomic mass is 19.1. The summed E-state index contributed by atoms with van der Waals surface area (Å²) in [5, 5.41) is 0. The molecular formula is C16H16FN. The quantitative estimate of drug-likeness (QED) is 0.757. The molecule has 1 nitrogen and oxygen atoms in total. The molecule has 1 atom stereocenters. The lowest BCUT2D eigenvalue weighted by molar-refractivity contribution is 0.534. The maximum absolute atomic E-state index is 13.9. The van der Waals surface area contributed by atoms with Crippen molar-refractivity contribution in [3.05, 3.63) is 65.0 Å². The minimum absolute atomic E-state index is 0.167. The summed E-state index contributed by atoms with van der Waals surface area (Å²) in [5.41, 5.74) is 9.65. The van der Waals surface area contributed by atoms with Crippen molar-refractivity contribution in [2.45, 2.75) is 25.2 Å². The van der Waals surface area contributed by atoms with E-state index in [2.05, 4.69) is 24.3 Å². The zero-order chi connectivity index (χ0) is 12.5. The molecule has 0 heterocycles. The first kappa shape index (κ1) is 11.3. The first-order chi connectivity index (χ1) is 8.74. The van der Waals surface area contributed by atoms with Crippen LogP contribution < -0.4 is 5.73 Å². The van der Waals surface area contributed by atoms with Crippen LogP contribution in [0.25, 0.3) is 0 Å². The molecule has 1 unspecified atom stereocenters. The number of anilines is 1. The van der Waals surface area contributed by atoms with Gasteiger partial charge in [-0.15, -0.1) is 0 Å². The molecule has 0 saturated heterocycles. The van der Waals surface area contributed by atoms with E-state index in [9.17, 15) is 4.39 Å². The number of aryl methyl sites for hydroxylation is 1. The first-order valence-corrected chi connectivity index (χ1v) is 6.36. The van der Waals surface area contributed by atoms with E-state index in [0.29, 0.717) is 5.69 Å². The first-order valence-electron chi connectivity index (χ1n) is 6.36. The van der Waals surface area contributed by atoms with Crippen molar-refractivity contribution in [2.24, 2.45) is 0 Å². The van der Waals surface area contributed by atoms with Crippen molar-refractivity contribution < 1.29 is 4.39 Å². The van der Waals surface area contributed by atoms with Gasteiger partial charge in [0.15, 0.2) is 0 Å². The van der Waals surface area contributed by atoms with Crippen LogP contribution in [0.1, 0.15) is 29.0 Å². The maximum Gasteiger partial charge on any atom is 0.128 e. The lowest BCUT2D eigenvalue weighted by Crippen LogP contribution is -2.14. The van der Waals surface area contributed by atoms with E-state index in [0.717, 1.165) is 24.8 Å². The molecule has 0 aromatic heterocycles. The highest BCUT2D eigenvalue weighted by Gasteiger charge is 2.22. The van der Waals surface area contributed by atoms with Crippen molar-refractivity contribution in [1.82, 2.24) is 0 Å². The van der Waals surface area contributed by atoms with Gasteiger partial charge in [-0.1, -0.05) is 30.3 Å². The minimum Gasteiger partial charge on any atom is -0.399 e. The van der Waals surface area contributed by atoms with E-state index < -0.39 is 0 Å². The second-order valence-corrected chi connectivity index (χ2v) is 4.99. The highest BCUT2D eigenvalue weighted by molar-refractivity contribution is 5.42. The van der Waals surface area contributed by atoms with Crippen molar-refractivity contribution >= 4 is 5.69 Å². The number of hydrogen-bond donors (Lipinski definition) is 1. The van der Waals surface area contributed by atoms with Gasteiger partial charge in [-0.2, -0.15) is 0 Å². The van der Waals surface area contributed by atoms with Gasteiger partial charge in [-0.3, -0.25) is 0 Å². The second kappa shape index (κ2) is 4.45. The Labute approximate surface area is 106 Å². The van der Waals surface area contributed by atoms with E-state index in [1.807, 2.05) is 6.07 Å². The molecule has 2 N–H and O–H groups in total. The molecule has 0 saturated carbocycles. The molecule has 0 amide bonds. The molecule has 1 aliphatic rings. The van der Waals surface area contributed by atoms with E-state index in [4.69, 9.17) is 5.73 Å². The fraction of sp³-hybridized carbons (Fsp3) is 0.250. The third kappa shape index (κ3) is 1.99. The Balaban J connectivity index is 1.92. The number of nitrogens with two attached hydrogens (primary N) is 1. The lowest BCUT2D eigenvalue weighted by atomic mass is 9.80. The summed E-state index contributed by atoms with van der Waals surface area (Å²) < 4.78 is 13.9. The minimum atomic E-state index is -0.167. The van der Waals surface area contributed by atoms with Crippen LogP contribution in [0.15, 0.2) is 42.5 Å². The van der Waals surface area contributed by atoms with Crippen molar-refractivity contribution in [3.63, 3.8) is 0 Å². The largest absolute Gasteiger partial charge is 0.399 e. The van der Waals surface area contributed by atoms with E-state index in [-0.39, 0.29) is 11.7 Å². The third-order valence-corrected chi connectivity index (χ3v) is 3.81. The molecule has 0 radical (unpaired) electrons. The second-order valence-electron chi connectivity index (χ2n) is 4.99. The number of hydrogen-bond acceptors (Lipinski definition) is 1. The summed E-state index contributed by atoms with van der Waals surface area (Å²) in [6, 6.07) is 13.5. The normalized spacial score (nSPS) is 18.4. The molecule has 3 rings (SSSR count). The van der Waals surface area contributed by atoms with Crippen LogP contribution in [0.5, 0.6) is 0 Å². The monoisotopic (exact) mass is 241 g/mol. The molecule has 18 heavy (non-hydrogen) atoms. The van der Waals surface area contributed by atoms with Crippen molar-refractivity contribution in [1.29, 1.82) is 0 Å². The van der Waals surface area contributed by atoms with Crippen LogP contribution in [0.4, 0.5) is 10.1 Å². The van der Waals surface area contributed by atoms with Gasteiger partial charge in [0.1, 0.15) is 5.82 Å². The zero-order valence-corrected chi connectivity index (χ0v) is 10.2. The summed E-state index contributed by atoms with van der Waals surface area (Å²) >= 11 is 0. The van der Waals surface area contributed by atoms with Gasteiger partial charge in [0, 0.05) is 5.69 Å². The van der Waals surface area contributed by atoms with Gasteiger partial charge in [0.25, 0.3) is 0 Å². The van der Waals surface area contributed by atoms with E-state index in [1.165, 1.54) is 17.2 Å². The molecule has 0 aliphatic heterocycles. The molecule has 0 bridgehead atoms. The van der Waals surface area contributed by atoms with Gasteiger partial charge < -0.3 is 5.73 Å². The summed E-state index contributed by atoms with van der Waals surface area (Å²) in [6.45, 7) is 0. The molecule has 1 aliphatic carbocycles. The van der Waals surface area contributed by atoms with Crippen molar-refractivity contribution in [3.8, 4) is 0 Å². The average Bonchev–Trinajstić information content (AvgIpc) is 2.38. The van der Waals surface area contributed by atoms with Gasteiger partial charge >= 0.3 is 0 Å². The van der Waals surface area contributed by atoms with Crippen LogP contribution in [0, 0.1) is 5.82 Å². The van der Waals surface area contributed by atoms with Crippen molar-refractivity contribution in [2.75, 3.05) is 5.73 Å². The van der Waals surface area contributed by atoms with Gasteiger partial charge in [0.2, 0.25) is 0 Å². The fourth-order valence-corrected chi connectivity index (χ4v) is 2.84. The summed E-state index contributed by atoms with van der Waals surface area (Å²) in [4.78, 5) is 0. The van der Waals surface area contributed by atoms with Crippen LogP contribution >= 0.6 is 0 Å². The predicted molar refractivity (Wildman–Crippen MR) is 72.0 cm³/mol. The smallest absolute Gasteiger partial charge is 0.128 e. The Morgan fingerprint density at radius 2 is 1.83 bits per heavy atom. The number of benzene rings is 2. The summed E-state index contributed by atoms with van der Waals surface area (Å²) in [5.74, 6) is 0.111. The van der Waals surface area contributed by atoms with E-state index >= 15 is 0 Å². The molecule has 2 aromatic rings. The Morgan fingerprint density at radius 3 is 2.61 bits per heavy atom. The van der Waals surface area contributed by atoms with Crippen LogP contribution in [0.2, 0.25) is 0 Å². The highest BCUT2D eigenvalue weighted by Crippen LogP contribution is 2.34. The molecule has 0 spiro atoms. The molecule has 2 aromatic carbocycles. The van der Waals surface area contributed by atoms with Crippen LogP contribution in [0.3, 0.4) is 0 Å². The Bertz CT molecular complexity index is 577.